The zero-order valence-corrected chi connectivity index (χ0v) is 14.3. The first-order valence-corrected chi connectivity index (χ1v) is 8.68. The van der Waals surface area contributed by atoms with Crippen LogP contribution in [0.2, 0.25) is 0 Å². The van der Waals surface area contributed by atoms with Crippen LogP contribution in [0.25, 0.3) is 11.0 Å². The van der Waals surface area contributed by atoms with E-state index in [1.165, 1.54) is 5.69 Å². The summed E-state index contributed by atoms with van der Waals surface area (Å²) < 4.78 is 4.16. The van der Waals surface area contributed by atoms with Gasteiger partial charge in [0.1, 0.15) is 12.4 Å². The molecule has 1 N–H and O–H groups in total. The molecule has 6 heteroatoms. The zero-order valence-electron chi connectivity index (χ0n) is 14.3. The van der Waals surface area contributed by atoms with Crippen LogP contribution < -0.4 is 0 Å². The number of nitrogens with zero attached hydrogens (tertiary/aromatic N) is 4. The number of benzene rings is 1. The van der Waals surface area contributed by atoms with Gasteiger partial charge in [-0.05, 0) is 31.2 Å². The summed E-state index contributed by atoms with van der Waals surface area (Å²) in [6, 6.07) is 12.0. The fourth-order valence-electron chi connectivity index (χ4n) is 3.77. The van der Waals surface area contributed by atoms with Crippen molar-refractivity contribution in [3.05, 3.63) is 54.1 Å². The Morgan fingerprint density at radius 1 is 1.24 bits per heavy atom. The monoisotopic (exact) mass is 338 g/mol. The molecular formula is C19H22N4O2. The quantitative estimate of drug-likeness (QED) is 0.794. The number of carbonyl (C=O) groups is 1. The van der Waals surface area contributed by atoms with Gasteiger partial charge in [-0.3, -0.25) is 4.79 Å². The highest BCUT2D eigenvalue weighted by Crippen LogP contribution is 2.26. The Morgan fingerprint density at radius 3 is 2.92 bits per heavy atom. The summed E-state index contributed by atoms with van der Waals surface area (Å²) in [5.41, 5.74) is 2.99. The van der Waals surface area contributed by atoms with Crippen molar-refractivity contribution in [2.75, 3.05) is 6.54 Å². The molecule has 0 fully saturated rings. The second kappa shape index (κ2) is 6.37. The molecule has 3 heterocycles. The standard InChI is InChI=1S/C19H22N4O2/c1-14-16-7-4-9-21(16)11-12-22(14)19(25)8-10-23-17-6-3-2-5-15(17)20-18(23)13-24/h2-7,9,14,24H,8,10-13H2,1H3/t14-/m0/s1. The van der Waals surface area contributed by atoms with E-state index in [1.54, 1.807) is 0 Å². The van der Waals surface area contributed by atoms with Crippen LogP contribution in [0, 0.1) is 0 Å². The molecule has 0 saturated carbocycles. The lowest BCUT2D eigenvalue weighted by molar-refractivity contribution is -0.134. The van der Waals surface area contributed by atoms with Gasteiger partial charge >= 0.3 is 0 Å². The molecule has 25 heavy (non-hydrogen) atoms. The molecule has 0 bridgehead atoms. The van der Waals surface area contributed by atoms with Gasteiger partial charge in [0.2, 0.25) is 5.91 Å². The predicted molar refractivity (Wildman–Crippen MR) is 94.8 cm³/mol. The highest BCUT2D eigenvalue weighted by atomic mass is 16.3. The van der Waals surface area contributed by atoms with Gasteiger partial charge in [0.15, 0.2) is 0 Å². The number of aryl methyl sites for hydroxylation is 1. The van der Waals surface area contributed by atoms with E-state index in [4.69, 9.17) is 0 Å². The topological polar surface area (TPSA) is 63.3 Å². The second-order valence-corrected chi connectivity index (χ2v) is 6.47. The number of aliphatic hydroxyl groups is 1. The number of aromatic nitrogens is 3. The third-order valence-corrected chi connectivity index (χ3v) is 5.09. The van der Waals surface area contributed by atoms with Gasteiger partial charge in [-0.15, -0.1) is 0 Å². The number of imidazole rings is 1. The zero-order chi connectivity index (χ0) is 17.4. The van der Waals surface area contributed by atoms with E-state index in [0.29, 0.717) is 18.8 Å². The molecular weight excluding hydrogens is 316 g/mol. The van der Waals surface area contributed by atoms with Crippen molar-refractivity contribution >= 4 is 16.9 Å². The summed E-state index contributed by atoms with van der Waals surface area (Å²) in [5, 5.41) is 9.58. The maximum absolute atomic E-state index is 12.8. The summed E-state index contributed by atoms with van der Waals surface area (Å²) in [4.78, 5) is 19.2. The van der Waals surface area contributed by atoms with Gasteiger partial charge in [-0.2, -0.15) is 0 Å². The highest BCUT2D eigenvalue weighted by molar-refractivity contribution is 5.78. The molecule has 0 radical (unpaired) electrons. The smallest absolute Gasteiger partial charge is 0.224 e. The van der Waals surface area contributed by atoms with Crippen molar-refractivity contribution < 1.29 is 9.90 Å². The van der Waals surface area contributed by atoms with Gasteiger partial charge in [-0.25, -0.2) is 4.98 Å². The minimum Gasteiger partial charge on any atom is -0.388 e. The van der Waals surface area contributed by atoms with E-state index in [1.807, 2.05) is 39.8 Å². The van der Waals surface area contributed by atoms with Crippen molar-refractivity contribution in [1.82, 2.24) is 19.0 Å². The molecule has 0 spiro atoms. The number of hydrogen-bond acceptors (Lipinski definition) is 3. The van der Waals surface area contributed by atoms with E-state index in [9.17, 15) is 9.90 Å². The van der Waals surface area contributed by atoms with E-state index in [0.717, 1.165) is 24.1 Å². The minimum absolute atomic E-state index is 0.0908. The van der Waals surface area contributed by atoms with Gasteiger partial charge in [0.05, 0.1) is 17.1 Å². The van der Waals surface area contributed by atoms with Crippen LogP contribution in [-0.2, 0) is 24.5 Å². The average Bonchev–Trinajstić information content (AvgIpc) is 3.24. The molecule has 4 rings (SSSR count). The molecule has 2 aromatic heterocycles. The minimum atomic E-state index is -0.128. The van der Waals surface area contributed by atoms with E-state index in [-0.39, 0.29) is 18.6 Å². The first-order valence-electron chi connectivity index (χ1n) is 8.68. The van der Waals surface area contributed by atoms with Gasteiger partial charge in [0, 0.05) is 37.9 Å². The third-order valence-electron chi connectivity index (χ3n) is 5.09. The second-order valence-electron chi connectivity index (χ2n) is 6.47. The van der Waals surface area contributed by atoms with Crippen LogP contribution in [0.1, 0.15) is 30.9 Å². The first-order chi connectivity index (χ1) is 12.2. The van der Waals surface area contributed by atoms with Crippen molar-refractivity contribution in [2.24, 2.45) is 0 Å². The Kier molecular flexibility index (Phi) is 4.05. The lowest BCUT2D eigenvalue weighted by atomic mass is 10.1. The molecule has 0 aliphatic carbocycles. The van der Waals surface area contributed by atoms with Crippen LogP contribution in [-0.4, -0.2) is 36.6 Å². The Labute approximate surface area is 146 Å². The fourth-order valence-corrected chi connectivity index (χ4v) is 3.77. The molecule has 1 atom stereocenters. The molecule has 1 amide bonds. The molecule has 0 unspecified atom stereocenters. The molecule has 1 aliphatic rings. The fraction of sp³-hybridized carbons (Fsp3) is 0.368. The van der Waals surface area contributed by atoms with Crippen molar-refractivity contribution in [2.45, 2.75) is 39.1 Å². The Bertz CT molecular complexity index is 911. The number of aliphatic hydroxyl groups excluding tert-OH is 1. The molecule has 130 valence electrons. The largest absolute Gasteiger partial charge is 0.388 e. The number of amides is 1. The summed E-state index contributed by atoms with van der Waals surface area (Å²) in [7, 11) is 0. The van der Waals surface area contributed by atoms with Gasteiger partial charge in [-0.1, -0.05) is 12.1 Å². The van der Waals surface area contributed by atoms with Crippen LogP contribution in [0.3, 0.4) is 0 Å². The normalized spacial score (nSPS) is 17.0. The van der Waals surface area contributed by atoms with Crippen molar-refractivity contribution in [3.63, 3.8) is 0 Å². The maximum atomic E-state index is 12.8. The molecule has 0 saturated heterocycles. The average molecular weight is 338 g/mol. The molecule has 3 aromatic rings. The Balaban J connectivity index is 1.51. The number of carbonyl (C=O) groups excluding carboxylic acids is 1. The van der Waals surface area contributed by atoms with Crippen molar-refractivity contribution in [1.29, 1.82) is 0 Å². The highest BCUT2D eigenvalue weighted by Gasteiger charge is 2.27. The number of fused-ring (bicyclic) bond motifs is 2. The lowest BCUT2D eigenvalue weighted by Crippen LogP contribution is -2.41. The maximum Gasteiger partial charge on any atom is 0.224 e. The Hall–Kier alpha value is -2.60. The summed E-state index contributed by atoms with van der Waals surface area (Å²) in [6.45, 7) is 4.05. The van der Waals surface area contributed by atoms with Crippen LogP contribution in [0.5, 0.6) is 0 Å². The predicted octanol–water partition coefficient (Wildman–Crippen LogP) is 2.32. The number of hydrogen-bond donors (Lipinski definition) is 1. The molecule has 6 nitrogen and oxygen atoms in total. The van der Waals surface area contributed by atoms with Crippen LogP contribution in [0.4, 0.5) is 0 Å². The van der Waals surface area contributed by atoms with E-state index < -0.39 is 0 Å². The molecule has 1 aromatic carbocycles. The van der Waals surface area contributed by atoms with Gasteiger partial charge in [0.25, 0.3) is 0 Å². The van der Waals surface area contributed by atoms with Crippen molar-refractivity contribution in [3.8, 4) is 0 Å². The lowest BCUT2D eigenvalue weighted by Gasteiger charge is -2.35. The number of rotatable bonds is 4. The van der Waals surface area contributed by atoms with Gasteiger partial charge < -0.3 is 19.1 Å². The molecule has 1 aliphatic heterocycles. The van der Waals surface area contributed by atoms with Crippen LogP contribution in [0.15, 0.2) is 42.6 Å². The van der Waals surface area contributed by atoms with E-state index >= 15 is 0 Å². The summed E-state index contributed by atoms with van der Waals surface area (Å²) in [6.07, 6.45) is 2.47. The summed E-state index contributed by atoms with van der Waals surface area (Å²) in [5.74, 6) is 0.746. The summed E-state index contributed by atoms with van der Waals surface area (Å²) >= 11 is 0. The third kappa shape index (κ3) is 2.72. The Morgan fingerprint density at radius 2 is 2.08 bits per heavy atom. The van der Waals surface area contributed by atoms with Crippen LogP contribution >= 0.6 is 0 Å². The van der Waals surface area contributed by atoms with E-state index in [2.05, 4.69) is 28.7 Å². The number of para-hydroxylation sites is 2. The SMILES string of the molecule is C[C@H]1c2cccn2CCN1C(=O)CCn1c(CO)nc2ccccc21. The first kappa shape index (κ1) is 15.9.